The van der Waals surface area contributed by atoms with Gasteiger partial charge >= 0.3 is 0 Å². The van der Waals surface area contributed by atoms with Crippen LogP contribution in [-0.2, 0) is 9.47 Å². The zero-order chi connectivity index (χ0) is 12.3. The Labute approximate surface area is 104 Å². The lowest BCUT2D eigenvalue weighted by Crippen LogP contribution is -2.33. The molecule has 0 heterocycles. The van der Waals surface area contributed by atoms with Gasteiger partial charge in [0.2, 0.25) is 0 Å². The van der Waals surface area contributed by atoms with Crippen molar-refractivity contribution in [2.75, 3.05) is 13.2 Å². The van der Waals surface area contributed by atoms with Gasteiger partial charge in [0.15, 0.2) is 6.29 Å². The van der Waals surface area contributed by atoms with Crippen molar-refractivity contribution < 1.29 is 14.6 Å². The predicted octanol–water partition coefficient (Wildman–Crippen LogP) is 2.49. The van der Waals surface area contributed by atoms with Gasteiger partial charge in [-0.05, 0) is 45.4 Å². The van der Waals surface area contributed by atoms with E-state index in [2.05, 4.69) is 12.2 Å². The first-order valence-corrected chi connectivity index (χ1v) is 6.78. The van der Waals surface area contributed by atoms with Crippen molar-refractivity contribution in [2.24, 2.45) is 11.8 Å². The van der Waals surface area contributed by atoms with Crippen molar-refractivity contribution in [1.29, 1.82) is 0 Å². The van der Waals surface area contributed by atoms with Gasteiger partial charge in [0.1, 0.15) is 0 Å². The summed E-state index contributed by atoms with van der Waals surface area (Å²) >= 11 is 0. The number of hydrogen-bond donors (Lipinski definition) is 1. The Morgan fingerprint density at radius 3 is 2.82 bits per heavy atom. The van der Waals surface area contributed by atoms with E-state index < -0.39 is 5.60 Å². The molecule has 0 amide bonds. The second-order valence-corrected chi connectivity index (χ2v) is 5.29. The van der Waals surface area contributed by atoms with E-state index >= 15 is 0 Å². The van der Waals surface area contributed by atoms with E-state index in [-0.39, 0.29) is 6.29 Å². The Morgan fingerprint density at radius 1 is 1.41 bits per heavy atom. The summed E-state index contributed by atoms with van der Waals surface area (Å²) in [6.45, 7) is 5.23. The average Bonchev–Trinajstić information content (AvgIpc) is 2.85. The minimum atomic E-state index is -0.461. The zero-order valence-corrected chi connectivity index (χ0v) is 10.9. The summed E-state index contributed by atoms with van der Waals surface area (Å²) in [6, 6.07) is 0. The molecule has 3 nitrogen and oxygen atoms in total. The molecule has 0 aromatic carbocycles. The largest absolute Gasteiger partial charge is 0.389 e. The minimum Gasteiger partial charge on any atom is -0.389 e. The van der Waals surface area contributed by atoms with Crippen molar-refractivity contribution in [3.05, 3.63) is 12.2 Å². The Bertz CT molecular complexity index is 277. The van der Waals surface area contributed by atoms with E-state index in [0.29, 0.717) is 25.0 Å². The van der Waals surface area contributed by atoms with Crippen molar-refractivity contribution in [1.82, 2.24) is 0 Å². The van der Waals surface area contributed by atoms with Crippen LogP contribution in [0.3, 0.4) is 0 Å². The molecule has 1 saturated carbocycles. The van der Waals surface area contributed by atoms with Crippen LogP contribution < -0.4 is 0 Å². The van der Waals surface area contributed by atoms with Crippen LogP contribution in [-0.4, -0.2) is 30.2 Å². The summed E-state index contributed by atoms with van der Waals surface area (Å²) < 4.78 is 10.8. The van der Waals surface area contributed by atoms with Gasteiger partial charge in [-0.3, -0.25) is 0 Å². The first-order chi connectivity index (χ1) is 8.14. The molecule has 17 heavy (non-hydrogen) atoms. The molecule has 3 heteroatoms. The Kier molecular flexibility index (Phi) is 4.23. The molecule has 0 aromatic heterocycles. The third kappa shape index (κ3) is 3.09. The van der Waals surface area contributed by atoms with Crippen molar-refractivity contribution in [3.8, 4) is 0 Å². The van der Waals surface area contributed by atoms with E-state index in [1.807, 2.05) is 13.8 Å². The SMILES string of the molecule is CCOC(C)OCCCC1(O)CC2C=CC1C2. The average molecular weight is 240 g/mol. The van der Waals surface area contributed by atoms with Crippen LogP contribution in [0.1, 0.15) is 39.5 Å². The van der Waals surface area contributed by atoms with Gasteiger partial charge in [-0.15, -0.1) is 0 Å². The van der Waals surface area contributed by atoms with Gasteiger partial charge in [-0.1, -0.05) is 12.2 Å². The summed E-state index contributed by atoms with van der Waals surface area (Å²) in [6.07, 6.45) is 8.16. The fourth-order valence-electron chi connectivity index (χ4n) is 3.13. The van der Waals surface area contributed by atoms with Crippen LogP contribution in [0.25, 0.3) is 0 Å². The molecule has 0 aromatic rings. The molecule has 0 aliphatic heterocycles. The highest BCUT2D eigenvalue weighted by atomic mass is 16.7. The summed E-state index contributed by atoms with van der Waals surface area (Å²) in [5.41, 5.74) is -0.461. The first kappa shape index (κ1) is 13.1. The highest BCUT2D eigenvalue weighted by molar-refractivity contribution is 5.16. The maximum absolute atomic E-state index is 10.5. The molecule has 2 rings (SSSR count). The number of allylic oxidation sites excluding steroid dienone is 1. The lowest BCUT2D eigenvalue weighted by Gasteiger charge is -2.30. The zero-order valence-electron chi connectivity index (χ0n) is 10.9. The van der Waals surface area contributed by atoms with Crippen molar-refractivity contribution >= 4 is 0 Å². The molecular formula is C14H24O3. The van der Waals surface area contributed by atoms with Gasteiger partial charge in [0, 0.05) is 19.1 Å². The molecule has 0 radical (unpaired) electrons. The van der Waals surface area contributed by atoms with Crippen LogP contribution in [0.5, 0.6) is 0 Å². The molecule has 0 spiro atoms. The van der Waals surface area contributed by atoms with Crippen molar-refractivity contribution in [3.63, 3.8) is 0 Å². The number of fused-ring (bicyclic) bond motifs is 2. The summed E-state index contributed by atoms with van der Waals surface area (Å²) in [7, 11) is 0. The molecule has 1 N–H and O–H groups in total. The standard InChI is InChI=1S/C14H24O3/c1-3-16-11(2)17-8-4-7-14(15)10-12-5-6-13(14)9-12/h5-6,11-13,15H,3-4,7-10H2,1-2H3. The topological polar surface area (TPSA) is 38.7 Å². The van der Waals surface area contributed by atoms with Crippen LogP contribution in [0.15, 0.2) is 12.2 Å². The van der Waals surface area contributed by atoms with E-state index in [4.69, 9.17) is 9.47 Å². The molecule has 1 fully saturated rings. The molecule has 2 aliphatic rings. The minimum absolute atomic E-state index is 0.130. The smallest absolute Gasteiger partial charge is 0.154 e. The van der Waals surface area contributed by atoms with Crippen LogP contribution in [0.4, 0.5) is 0 Å². The number of aliphatic hydroxyl groups is 1. The van der Waals surface area contributed by atoms with Gasteiger partial charge in [0.05, 0.1) is 5.60 Å². The lowest BCUT2D eigenvalue weighted by atomic mass is 9.84. The number of rotatable bonds is 7. The van der Waals surface area contributed by atoms with Gasteiger partial charge < -0.3 is 14.6 Å². The van der Waals surface area contributed by atoms with E-state index in [1.165, 1.54) is 0 Å². The summed E-state index contributed by atoms with van der Waals surface area (Å²) in [5.74, 6) is 1.00. The summed E-state index contributed by atoms with van der Waals surface area (Å²) in [4.78, 5) is 0. The van der Waals surface area contributed by atoms with Gasteiger partial charge in [0.25, 0.3) is 0 Å². The predicted molar refractivity (Wildman–Crippen MR) is 66.6 cm³/mol. The van der Waals surface area contributed by atoms with E-state index in [0.717, 1.165) is 25.7 Å². The van der Waals surface area contributed by atoms with E-state index in [9.17, 15) is 5.11 Å². The maximum atomic E-state index is 10.5. The lowest BCUT2D eigenvalue weighted by molar-refractivity contribution is -0.130. The van der Waals surface area contributed by atoms with Gasteiger partial charge in [-0.2, -0.15) is 0 Å². The second kappa shape index (κ2) is 5.51. The molecule has 4 unspecified atom stereocenters. The number of hydrogen-bond acceptors (Lipinski definition) is 3. The quantitative estimate of drug-likeness (QED) is 0.422. The molecular weight excluding hydrogens is 216 g/mol. The van der Waals surface area contributed by atoms with Gasteiger partial charge in [-0.25, -0.2) is 0 Å². The third-order valence-corrected chi connectivity index (χ3v) is 3.99. The first-order valence-electron chi connectivity index (χ1n) is 6.78. The summed E-state index contributed by atoms with van der Waals surface area (Å²) in [5, 5.41) is 10.5. The normalized spacial score (nSPS) is 36.6. The molecule has 4 atom stereocenters. The fourth-order valence-corrected chi connectivity index (χ4v) is 3.13. The molecule has 0 saturated heterocycles. The van der Waals surface area contributed by atoms with Crippen LogP contribution >= 0.6 is 0 Å². The maximum Gasteiger partial charge on any atom is 0.154 e. The van der Waals surface area contributed by atoms with E-state index in [1.54, 1.807) is 0 Å². The van der Waals surface area contributed by atoms with Crippen LogP contribution in [0, 0.1) is 11.8 Å². The van der Waals surface area contributed by atoms with Crippen molar-refractivity contribution in [2.45, 2.75) is 51.4 Å². The fraction of sp³-hybridized carbons (Fsp3) is 0.857. The highest BCUT2D eigenvalue weighted by Crippen LogP contribution is 2.48. The monoisotopic (exact) mass is 240 g/mol. The molecule has 2 aliphatic carbocycles. The Morgan fingerprint density at radius 2 is 2.24 bits per heavy atom. The molecule has 2 bridgehead atoms. The third-order valence-electron chi connectivity index (χ3n) is 3.99. The van der Waals surface area contributed by atoms with Crippen LogP contribution in [0.2, 0.25) is 0 Å². The highest BCUT2D eigenvalue weighted by Gasteiger charge is 2.46. The second-order valence-electron chi connectivity index (χ2n) is 5.29. The Hall–Kier alpha value is -0.380. The number of ether oxygens (including phenoxy) is 2. The molecule has 98 valence electrons. The Balaban J connectivity index is 1.64.